The van der Waals surface area contributed by atoms with Crippen molar-refractivity contribution in [2.45, 2.75) is 12.6 Å². The van der Waals surface area contributed by atoms with E-state index in [0.29, 0.717) is 0 Å². The number of amides is 1. The van der Waals surface area contributed by atoms with Crippen molar-refractivity contribution in [1.82, 2.24) is 9.80 Å². The first-order valence-corrected chi connectivity index (χ1v) is 8.46. The Hall–Kier alpha value is -1.69. The molecule has 1 aromatic carbocycles. The van der Waals surface area contributed by atoms with Crippen LogP contribution in [0.4, 0.5) is 0 Å². The molecule has 0 bridgehead atoms. The van der Waals surface area contributed by atoms with E-state index >= 15 is 0 Å². The van der Waals surface area contributed by atoms with Crippen LogP contribution < -0.4 is 5.73 Å². The Morgan fingerprint density at radius 3 is 2.45 bits per heavy atom. The van der Waals surface area contributed by atoms with Gasteiger partial charge in [-0.15, -0.1) is 11.3 Å². The van der Waals surface area contributed by atoms with Crippen molar-refractivity contribution in [2.24, 2.45) is 5.73 Å². The van der Waals surface area contributed by atoms with Crippen LogP contribution in [-0.4, -0.2) is 41.9 Å². The lowest BCUT2D eigenvalue weighted by atomic mass is 10.1. The van der Waals surface area contributed by atoms with Crippen LogP contribution in [0.3, 0.4) is 0 Å². The molecular formula is C17H21N3OS. The predicted molar refractivity (Wildman–Crippen MR) is 89.5 cm³/mol. The van der Waals surface area contributed by atoms with E-state index in [9.17, 15) is 4.79 Å². The number of nitrogens with zero attached hydrogens (tertiary/aromatic N) is 2. The Kier molecular flexibility index (Phi) is 4.87. The van der Waals surface area contributed by atoms with Crippen molar-refractivity contribution in [3.8, 4) is 0 Å². The monoisotopic (exact) mass is 315 g/mol. The normalized spacial score (nSPS) is 17.4. The van der Waals surface area contributed by atoms with Gasteiger partial charge in [-0.25, -0.2) is 0 Å². The highest BCUT2D eigenvalue weighted by molar-refractivity contribution is 7.09. The molecule has 0 spiro atoms. The summed E-state index contributed by atoms with van der Waals surface area (Å²) in [6, 6.07) is 13.3. The fourth-order valence-corrected chi connectivity index (χ4v) is 3.50. The lowest BCUT2D eigenvalue weighted by molar-refractivity contribution is -0.134. The summed E-state index contributed by atoms with van der Waals surface area (Å²) in [6.45, 7) is 4.30. The number of nitrogens with two attached hydrogens (primary N) is 1. The molecule has 1 unspecified atom stereocenters. The smallest absolute Gasteiger partial charge is 0.244 e. The van der Waals surface area contributed by atoms with Crippen molar-refractivity contribution in [3.05, 3.63) is 58.3 Å². The first kappa shape index (κ1) is 15.2. The van der Waals surface area contributed by atoms with Gasteiger partial charge in [0.05, 0.1) is 0 Å². The van der Waals surface area contributed by atoms with Crippen LogP contribution in [0.2, 0.25) is 0 Å². The Bertz CT molecular complexity index is 592. The fourth-order valence-electron chi connectivity index (χ4n) is 2.75. The molecule has 2 heterocycles. The zero-order chi connectivity index (χ0) is 15.4. The molecule has 1 aliphatic heterocycles. The summed E-state index contributed by atoms with van der Waals surface area (Å²) >= 11 is 1.78. The van der Waals surface area contributed by atoms with E-state index in [1.165, 1.54) is 4.88 Å². The van der Waals surface area contributed by atoms with Gasteiger partial charge in [0.15, 0.2) is 0 Å². The molecule has 0 radical (unpaired) electrons. The SMILES string of the molecule is NC(C(=O)N1CCN(Cc2cccs2)CC1)c1ccccc1. The highest BCUT2D eigenvalue weighted by Crippen LogP contribution is 2.17. The molecule has 2 aromatic rings. The predicted octanol–water partition coefficient (Wildman–Crippen LogP) is 2.09. The van der Waals surface area contributed by atoms with Gasteiger partial charge in [0.25, 0.3) is 0 Å². The lowest BCUT2D eigenvalue weighted by Crippen LogP contribution is -2.50. The van der Waals surface area contributed by atoms with Crippen LogP contribution in [0.25, 0.3) is 0 Å². The third-order valence-corrected chi connectivity index (χ3v) is 4.93. The maximum Gasteiger partial charge on any atom is 0.244 e. The average Bonchev–Trinajstić information content (AvgIpc) is 3.08. The summed E-state index contributed by atoms with van der Waals surface area (Å²) < 4.78 is 0. The number of piperazine rings is 1. The molecule has 1 aromatic heterocycles. The second-order valence-electron chi connectivity index (χ2n) is 5.57. The van der Waals surface area contributed by atoms with Crippen molar-refractivity contribution in [2.75, 3.05) is 26.2 Å². The molecule has 1 saturated heterocycles. The Labute approximate surface area is 135 Å². The topological polar surface area (TPSA) is 49.6 Å². The number of carbonyl (C=O) groups is 1. The van der Waals surface area contributed by atoms with Crippen LogP contribution in [0.1, 0.15) is 16.5 Å². The molecule has 3 rings (SSSR count). The molecule has 4 nitrogen and oxygen atoms in total. The van der Waals surface area contributed by atoms with Gasteiger partial charge in [-0.1, -0.05) is 36.4 Å². The number of hydrogen-bond acceptors (Lipinski definition) is 4. The van der Waals surface area contributed by atoms with Gasteiger partial charge in [0.1, 0.15) is 6.04 Å². The van der Waals surface area contributed by atoms with Gasteiger partial charge < -0.3 is 10.6 Å². The summed E-state index contributed by atoms with van der Waals surface area (Å²) in [5, 5.41) is 2.11. The van der Waals surface area contributed by atoms with E-state index in [1.54, 1.807) is 11.3 Å². The summed E-state index contributed by atoms with van der Waals surface area (Å²) in [7, 11) is 0. The molecule has 1 aliphatic rings. The van der Waals surface area contributed by atoms with E-state index < -0.39 is 6.04 Å². The van der Waals surface area contributed by atoms with E-state index in [0.717, 1.165) is 38.3 Å². The van der Waals surface area contributed by atoms with Crippen molar-refractivity contribution in [3.63, 3.8) is 0 Å². The second-order valence-corrected chi connectivity index (χ2v) is 6.60. The first-order chi connectivity index (χ1) is 10.7. The highest BCUT2D eigenvalue weighted by Gasteiger charge is 2.26. The lowest BCUT2D eigenvalue weighted by Gasteiger charge is -2.35. The van der Waals surface area contributed by atoms with Gasteiger partial charge in [-0.2, -0.15) is 0 Å². The van der Waals surface area contributed by atoms with Crippen LogP contribution in [0.5, 0.6) is 0 Å². The maximum absolute atomic E-state index is 12.5. The summed E-state index contributed by atoms with van der Waals surface area (Å²) in [6.07, 6.45) is 0. The zero-order valence-electron chi connectivity index (χ0n) is 12.5. The van der Waals surface area contributed by atoms with Crippen LogP contribution in [0.15, 0.2) is 47.8 Å². The minimum absolute atomic E-state index is 0.0296. The van der Waals surface area contributed by atoms with Gasteiger partial charge in [0.2, 0.25) is 5.91 Å². The Balaban J connectivity index is 1.53. The first-order valence-electron chi connectivity index (χ1n) is 7.58. The van der Waals surface area contributed by atoms with Crippen molar-refractivity contribution >= 4 is 17.2 Å². The minimum atomic E-state index is -0.551. The van der Waals surface area contributed by atoms with Crippen molar-refractivity contribution < 1.29 is 4.79 Å². The van der Waals surface area contributed by atoms with Crippen LogP contribution in [0, 0.1) is 0 Å². The van der Waals surface area contributed by atoms with E-state index in [2.05, 4.69) is 22.4 Å². The summed E-state index contributed by atoms with van der Waals surface area (Å²) in [5.74, 6) is 0.0296. The van der Waals surface area contributed by atoms with Gasteiger partial charge in [-0.3, -0.25) is 9.69 Å². The molecule has 2 N–H and O–H groups in total. The fraction of sp³-hybridized carbons (Fsp3) is 0.353. The minimum Gasteiger partial charge on any atom is -0.338 e. The molecule has 22 heavy (non-hydrogen) atoms. The second kappa shape index (κ2) is 7.05. The van der Waals surface area contributed by atoms with E-state index in [1.807, 2.05) is 35.2 Å². The van der Waals surface area contributed by atoms with E-state index in [4.69, 9.17) is 5.73 Å². The van der Waals surface area contributed by atoms with Crippen LogP contribution >= 0.6 is 11.3 Å². The van der Waals surface area contributed by atoms with Crippen molar-refractivity contribution in [1.29, 1.82) is 0 Å². The molecular weight excluding hydrogens is 294 g/mol. The average molecular weight is 315 g/mol. The number of carbonyl (C=O) groups excluding carboxylic acids is 1. The van der Waals surface area contributed by atoms with Gasteiger partial charge in [-0.05, 0) is 17.0 Å². The number of thiophene rings is 1. The Morgan fingerprint density at radius 2 is 1.82 bits per heavy atom. The summed E-state index contributed by atoms with van der Waals surface area (Å²) in [4.78, 5) is 18.2. The number of rotatable bonds is 4. The number of benzene rings is 1. The maximum atomic E-state index is 12.5. The zero-order valence-corrected chi connectivity index (χ0v) is 13.3. The largest absolute Gasteiger partial charge is 0.338 e. The molecule has 5 heteroatoms. The number of hydrogen-bond donors (Lipinski definition) is 1. The molecule has 1 fully saturated rings. The molecule has 1 amide bonds. The van der Waals surface area contributed by atoms with Gasteiger partial charge in [0, 0.05) is 37.6 Å². The van der Waals surface area contributed by atoms with Crippen LogP contribution in [-0.2, 0) is 11.3 Å². The quantitative estimate of drug-likeness (QED) is 0.940. The molecule has 0 aliphatic carbocycles. The standard InChI is InChI=1S/C17H21N3OS/c18-16(14-5-2-1-3-6-14)17(21)20-10-8-19(9-11-20)13-15-7-4-12-22-15/h1-7,12,16H,8-11,13,18H2. The third kappa shape index (κ3) is 3.55. The Morgan fingerprint density at radius 1 is 1.09 bits per heavy atom. The summed E-state index contributed by atoms with van der Waals surface area (Å²) in [5.41, 5.74) is 6.99. The van der Waals surface area contributed by atoms with E-state index in [-0.39, 0.29) is 5.91 Å². The molecule has 1 atom stereocenters. The highest BCUT2D eigenvalue weighted by atomic mass is 32.1. The third-order valence-electron chi connectivity index (χ3n) is 4.07. The molecule has 116 valence electrons. The molecule has 0 saturated carbocycles. The van der Waals surface area contributed by atoms with Gasteiger partial charge >= 0.3 is 0 Å².